The summed E-state index contributed by atoms with van der Waals surface area (Å²) in [5.41, 5.74) is 3.66. The molecule has 1 nitrogen and oxygen atoms in total. The van der Waals surface area contributed by atoms with Crippen LogP contribution in [0.25, 0.3) is 0 Å². The van der Waals surface area contributed by atoms with Crippen LogP contribution in [0.4, 0.5) is 0 Å². The SMILES string of the molecule is Cc1ccccc1O.c1ccc(Cc2ccccc2)cc1. The van der Waals surface area contributed by atoms with Gasteiger partial charge in [-0.15, -0.1) is 0 Å². The van der Waals surface area contributed by atoms with E-state index in [2.05, 4.69) is 60.7 Å². The Morgan fingerprint density at radius 1 is 0.619 bits per heavy atom. The molecule has 0 aliphatic heterocycles. The van der Waals surface area contributed by atoms with Crippen molar-refractivity contribution in [1.82, 2.24) is 0 Å². The number of benzene rings is 3. The van der Waals surface area contributed by atoms with Crippen molar-refractivity contribution in [2.75, 3.05) is 0 Å². The Morgan fingerprint density at radius 2 is 1.05 bits per heavy atom. The number of aryl methyl sites for hydroxylation is 1. The maximum atomic E-state index is 8.92. The van der Waals surface area contributed by atoms with Crippen molar-refractivity contribution < 1.29 is 5.11 Å². The third-order valence-electron chi connectivity index (χ3n) is 3.21. The van der Waals surface area contributed by atoms with E-state index in [0.717, 1.165) is 12.0 Å². The molecule has 0 atom stereocenters. The quantitative estimate of drug-likeness (QED) is 0.700. The van der Waals surface area contributed by atoms with Gasteiger partial charge in [-0.2, -0.15) is 0 Å². The van der Waals surface area contributed by atoms with E-state index in [1.807, 2.05) is 25.1 Å². The van der Waals surface area contributed by atoms with Gasteiger partial charge in [0, 0.05) is 0 Å². The predicted octanol–water partition coefficient (Wildman–Crippen LogP) is 4.98. The molecule has 0 bridgehead atoms. The minimum atomic E-state index is 0.368. The topological polar surface area (TPSA) is 20.2 Å². The van der Waals surface area contributed by atoms with Crippen LogP contribution in [0.3, 0.4) is 0 Å². The van der Waals surface area contributed by atoms with Crippen molar-refractivity contribution in [3.8, 4) is 5.75 Å². The first-order valence-electron chi connectivity index (χ1n) is 7.08. The van der Waals surface area contributed by atoms with Crippen molar-refractivity contribution >= 4 is 0 Å². The lowest BCUT2D eigenvalue weighted by Crippen LogP contribution is -1.85. The van der Waals surface area contributed by atoms with Crippen molar-refractivity contribution in [2.45, 2.75) is 13.3 Å². The molecule has 0 saturated heterocycles. The number of phenols is 1. The minimum Gasteiger partial charge on any atom is -0.508 e. The zero-order valence-electron chi connectivity index (χ0n) is 12.2. The molecule has 0 unspecified atom stereocenters. The molecule has 0 aromatic heterocycles. The first kappa shape index (κ1) is 14.9. The number of hydrogen-bond donors (Lipinski definition) is 1. The van der Waals surface area contributed by atoms with E-state index in [4.69, 9.17) is 5.11 Å². The van der Waals surface area contributed by atoms with Gasteiger partial charge in [0.15, 0.2) is 0 Å². The van der Waals surface area contributed by atoms with Crippen LogP contribution < -0.4 is 0 Å². The zero-order valence-corrected chi connectivity index (χ0v) is 12.2. The highest BCUT2D eigenvalue weighted by Crippen LogP contribution is 2.12. The molecule has 0 aliphatic rings. The third kappa shape index (κ3) is 5.15. The summed E-state index contributed by atoms with van der Waals surface area (Å²) in [6, 6.07) is 28.3. The van der Waals surface area contributed by atoms with Gasteiger partial charge < -0.3 is 5.11 Å². The monoisotopic (exact) mass is 276 g/mol. The van der Waals surface area contributed by atoms with E-state index in [9.17, 15) is 0 Å². The normalized spacial score (nSPS) is 9.57. The Morgan fingerprint density at radius 3 is 1.43 bits per heavy atom. The number of para-hydroxylation sites is 1. The van der Waals surface area contributed by atoms with Gasteiger partial charge in [0.25, 0.3) is 0 Å². The molecular weight excluding hydrogens is 256 g/mol. The van der Waals surface area contributed by atoms with Gasteiger partial charge in [-0.05, 0) is 36.1 Å². The van der Waals surface area contributed by atoms with Crippen molar-refractivity contribution in [1.29, 1.82) is 0 Å². The molecule has 0 radical (unpaired) electrons. The van der Waals surface area contributed by atoms with E-state index in [1.54, 1.807) is 6.07 Å². The minimum absolute atomic E-state index is 0.368. The average molecular weight is 276 g/mol. The predicted molar refractivity (Wildman–Crippen MR) is 88.5 cm³/mol. The number of phenolic OH excluding ortho intramolecular Hbond substituents is 1. The summed E-state index contributed by atoms with van der Waals surface area (Å²) in [4.78, 5) is 0. The second kappa shape index (κ2) is 7.91. The summed E-state index contributed by atoms with van der Waals surface area (Å²) < 4.78 is 0. The van der Waals surface area contributed by atoms with Crippen LogP contribution >= 0.6 is 0 Å². The van der Waals surface area contributed by atoms with Gasteiger partial charge in [-0.1, -0.05) is 78.9 Å². The van der Waals surface area contributed by atoms with Crippen molar-refractivity contribution in [2.24, 2.45) is 0 Å². The summed E-state index contributed by atoms with van der Waals surface area (Å²) in [7, 11) is 0. The van der Waals surface area contributed by atoms with Crippen LogP contribution in [-0.4, -0.2) is 5.11 Å². The van der Waals surface area contributed by atoms with Crippen LogP contribution in [0.2, 0.25) is 0 Å². The number of hydrogen-bond acceptors (Lipinski definition) is 1. The highest BCUT2D eigenvalue weighted by Gasteiger charge is 1.92. The molecular formula is C20H20O. The molecule has 21 heavy (non-hydrogen) atoms. The van der Waals surface area contributed by atoms with Crippen LogP contribution in [0.15, 0.2) is 84.9 Å². The van der Waals surface area contributed by atoms with E-state index in [0.29, 0.717) is 5.75 Å². The maximum absolute atomic E-state index is 8.92. The van der Waals surface area contributed by atoms with Crippen molar-refractivity contribution in [3.63, 3.8) is 0 Å². The van der Waals surface area contributed by atoms with Gasteiger partial charge in [0.05, 0.1) is 0 Å². The largest absolute Gasteiger partial charge is 0.508 e. The summed E-state index contributed by atoms with van der Waals surface area (Å²) in [5.74, 6) is 0.368. The van der Waals surface area contributed by atoms with Crippen LogP contribution in [-0.2, 0) is 6.42 Å². The summed E-state index contributed by atoms with van der Waals surface area (Å²) in [5, 5.41) is 8.92. The van der Waals surface area contributed by atoms with E-state index in [1.165, 1.54) is 11.1 Å². The number of rotatable bonds is 2. The summed E-state index contributed by atoms with van der Waals surface area (Å²) >= 11 is 0. The first-order valence-corrected chi connectivity index (χ1v) is 7.08. The lowest BCUT2D eigenvalue weighted by Gasteiger charge is -2.00. The number of aromatic hydroxyl groups is 1. The Kier molecular flexibility index (Phi) is 5.60. The third-order valence-corrected chi connectivity index (χ3v) is 3.21. The highest BCUT2D eigenvalue weighted by molar-refractivity contribution is 5.29. The Bertz CT molecular complexity index is 586. The van der Waals surface area contributed by atoms with Crippen LogP contribution in [0.5, 0.6) is 5.75 Å². The fraction of sp³-hybridized carbons (Fsp3) is 0.100. The molecule has 3 aromatic rings. The molecule has 1 heteroatoms. The van der Waals surface area contributed by atoms with Gasteiger partial charge in [-0.3, -0.25) is 0 Å². The second-order valence-corrected chi connectivity index (χ2v) is 4.93. The van der Waals surface area contributed by atoms with Crippen LogP contribution in [0, 0.1) is 6.92 Å². The Balaban J connectivity index is 0.000000173. The fourth-order valence-corrected chi connectivity index (χ4v) is 1.99. The summed E-state index contributed by atoms with van der Waals surface area (Å²) in [6.07, 6.45) is 1.03. The molecule has 106 valence electrons. The van der Waals surface area contributed by atoms with E-state index >= 15 is 0 Å². The second-order valence-electron chi connectivity index (χ2n) is 4.93. The summed E-state index contributed by atoms with van der Waals surface area (Å²) in [6.45, 7) is 1.87. The van der Waals surface area contributed by atoms with E-state index < -0.39 is 0 Å². The average Bonchev–Trinajstić information content (AvgIpc) is 2.53. The van der Waals surface area contributed by atoms with Gasteiger partial charge >= 0.3 is 0 Å². The van der Waals surface area contributed by atoms with Gasteiger partial charge in [0.1, 0.15) is 5.75 Å². The fourth-order valence-electron chi connectivity index (χ4n) is 1.99. The van der Waals surface area contributed by atoms with Crippen LogP contribution in [0.1, 0.15) is 16.7 Å². The first-order chi connectivity index (χ1) is 10.3. The molecule has 0 saturated carbocycles. The Hall–Kier alpha value is -2.54. The molecule has 0 heterocycles. The molecule has 1 N–H and O–H groups in total. The maximum Gasteiger partial charge on any atom is 0.118 e. The molecule has 0 spiro atoms. The lowest BCUT2D eigenvalue weighted by molar-refractivity contribution is 0.471. The van der Waals surface area contributed by atoms with Gasteiger partial charge in [0.2, 0.25) is 0 Å². The van der Waals surface area contributed by atoms with Gasteiger partial charge in [-0.25, -0.2) is 0 Å². The Labute approximate surface area is 126 Å². The molecule has 3 aromatic carbocycles. The smallest absolute Gasteiger partial charge is 0.118 e. The molecule has 0 fully saturated rings. The molecule has 3 rings (SSSR count). The van der Waals surface area contributed by atoms with E-state index in [-0.39, 0.29) is 0 Å². The lowest BCUT2D eigenvalue weighted by atomic mass is 10.1. The standard InChI is InChI=1S/C13H12.C7H8O/c1-3-7-12(8-4-1)11-13-9-5-2-6-10-13;1-6-4-2-3-5-7(6)8/h1-10H,11H2;2-5,8H,1H3. The zero-order chi connectivity index (χ0) is 14.9. The highest BCUT2D eigenvalue weighted by atomic mass is 16.3. The van der Waals surface area contributed by atoms with Crippen molar-refractivity contribution in [3.05, 3.63) is 102 Å². The molecule has 0 amide bonds. The molecule has 0 aliphatic carbocycles.